The summed E-state index contributed by atoms with van der Waals surface area (Å²) < 4.78 is 0. The molecule has 1 saturated heterocycles. The van der Waals surface area contributed by atoms with Gasteiger partial charge in [-0.2, -0.15) is 0 Å². The first-order chi connectivity index (χ1) is 9.31. The fourth-order valence-corrected chi connectivity index (χ4v) is 2.47. The highest BCUT2D eigenvalue weighted by Gasteiger charge is 2.15. The molecule has 2 rings (SSSR count). The van der Waals surface area contributed by atoms with Gasteiger partial charge in [0.05, 0.1) is 0 Å². The lowest BCUT2D eigenvalue weighted by Gasteiger charge is -2.21. The molecule has 0 aliphatic carbocycles. The molecule has 1 aliphatic heterocycles. The third-order valence-corrected chi connectivity index (χ3v) is 3.62. The van der Waals surface area contributed by atoms with Crippen LogP contribution in [-0.4, -0.2) is 37.0 Å². The second-order valence-corrected chi connectivity index (χ2v) is 5.20. The van der Waals surface area contributed by atoms with Crippen molar-refractivity contribution in [3.63, 3.8) is 0 Å². The third kappa shape index (κ3) is 3.98. The summed E-state index contributed by atoms with van der Waals surface area (Å²) >= 11 is 0. The molecule has 1 heterocycles. The average molecular weight is 259 g/mol. The molecule has 0 amide bonds. The quantitative estimate of drug-likeness (QED) is 0.665. The second kappa shape index (κ2) is 7.17. The molecule has 1 atom stereocenters. The summed E-state index contributed by atoms with van der Waals surface area (Å²) in [5.74, 6) is 1.56. The van der Waals surface area contributed by atoms with Crippen molar-refractivity contribution in [3.05, 3.63) is 35.9 Å². The average Bonchev–Trinajstić information content (AvgIpc) is 2.98. The largest absolute Gasteiger partial charge is 0.357 e. The summed E-state index contributed by atoms with van der Waals surface area (Å²) in [6, 6.07) is 10.6. The van der Waals surface area contributed by atoms with Crippen LogP contribution in [0.5, 0.6) is 0 Å². The van der Waals surface area contributed by atoms with Gasteiger partial charge in [0.2, 0.25) is 0 Å². The molecule has 3 heteroatoms. The van der Waals surface area contributed by atoms with Crippen LogP contribution in [0, 0.1) is 0 Å². The van der Waals surface area contributed by atoms with Crippen molar-refractivity contribution in [2.75, 3.05) is 26.2 Å². The van der Waals surface area contributed by atoms with Gasteiger partial charge in [0, 0.05) is 32.1 Å². The van der Waals surface area contributed by atoms with Crippen molar-refractivity contribution >= 4 is 5.96 Å². The Balaban J connectivity index is 1.97. The van der Waals surface area contributed by atoms with E-state index in [0.717, 1.165) is 32.1 Å². The smallest absolute Gasteiger partial charge is 0.193 e. The summed E-state index contributed by atoms with van der Waals surface area (Å²) in [6.45, 7) is 8.45. The maximum Gasteiger partial charge on any atom is 0.193 e. The van der Waals surface area contributed by atoms with E-state index in [1.807, 2.05) is 0 Å². The zero-order chi connectivity index (χ0) is 13.5. The van der Waals surface area contributed by atoms with Crippen molar-refractivity contribution in [3.8, 4) is 0 Å². The highest BCUT2D eigenvalue weighted by atomic mass is 15.3. The van der Waals surface area contributed by atoms with Gasteiger partial charge < -0.3 is 10.2 Å². The number of likely N-dealkylation sites (tertiary alicyclic amines) is 1. The maximum absolute atomic E-state index is 4.80. The van der Waals surface area contributed by atoms with Crippen molar-refractivity contribution in [2.24, 2.45) is 4.99 Å². The van der Waals surface area contributed by atoms with Crippen LogP contribution in [0.25, 0.3) is 0 Å². The van der Waals surface area contributed by atoms with Crippen LogP contribution in [-0.2, 0) is 0 Å². The van der Waals surface area contributed by atoms with E-state index in [-0.39, 0.29) is 0 Å². The normalized spacial score (nSPS) is 17.6. The van der Waals surface area contributed by atoms with Gasteiger partial charge in [-0.05, 0) is 25.3 Å². The van der Waals surface area contributed by atoms with Crippen molar-refractivity contribution < 1.29 is 0 Å². The number of hydrogen-bond donors (Lipinski definition) is 1. The lowest BCUT2D eigenvalue weighted by Crippen LogP contribution is -2.39. The number of nitrogens with one attached hydrogen (secondary N) is 1. The first-order valence-electron chi connectivity index (χ1n) is 7.39. The van der Waals surface area contributed by atoms with Crippen molar-refractivity contribution in [1.82, 2.24) is 10.2 Å². The molecule has 0 radical (unpaired) electrons. The van der Waals surface area contributed by atoms with E-state index < -0.39 is 0 Å². The Morgan fingerprint density at radius 1 is 1.26 bits per heavy atom. The molecule has 0 aromatic heterocycles. The summed E-state index contributed by atoms with van der Waals surface area (Å²) in [6.07, 6.45) is 2.58. The number of benzene rings is 1. The van der Waals surface area contributed by atoms with Crippen molar-refractivity contribution in [1.29, 1.82) is 0 Å². The fourth-order valence-electron chi connectivity index (χ4n) is 2.47. The predicted molar refractivity (Wildman–Crippen MR) is 81.6 cm³/mol. The molecule has 1 aromatic rings. The summed E-state index contributed by atoms with van der Waals surface area (Å²) in [5.41, 5.74) is 1.36. The van der Waals surface area contributed by atoms with Crippen LogP contribution in [0.15, 0.2) is 35.3 Å². The van der Waals surface area contributed by atoms with Gasteiger partial charge in [-0.1, -0.05) is 37.3 Å². The molecule has 0 spiro atoms. The van der Waals surface area contributed by atoms with Gasteiger partial charge in [-0.15, -0.1) is 0 Å². The molecule has 104 valence electrons. The predicted octanol–water partition coefficient (Wildman–Crippen LogP) is 2.85. The monoisotopic (exact) mass is 259 g/mol. The van der Waals surface area contributed by atoms with E-state index in [1.165, 1.54) is 18.4 Å². The number of nitrogens with zero attached hydrogens (tertiary/aromatic N) is 2. The van der Waals surface area contributed by atoms with E-state index in [4.69, 9.17) is 4.99 Å². The van der Waals surface area contributed by atoms with Crippen molar-refractivity contribution in [2.45, 2.75) is 32.6 Å². The molecule has 3 nitrogen and oxygen atoms in total. The van der Waals surface area contributed by atoms with Crippen LogP contribution in [0.2, 0.25) is 0 Å². The van der Waals surface area contributed by atoms with Crippen LogP contribution in [0.4, 0.5) is 0 Å². The SMILES string of the molecule is CCNC(=NCC(C)c1ccccc1)N1CCCC1. The topological polar surface area (TPSA) is 27.6 Å². The summed E-state index contributed by atoms with van der Waals surface area (Å²) in [5, 5.41) is 3.41. The van der Waals surface area contributed by atoms with Crippen LogP contribution >= 0.6 is 0 Å². The van der Waals surface area contributed by atoms with Gasteiger partial charge in [-0.3, -0.25) is 4.99 Å². The first-order valence-corrected chi connectivity index (χ1v) is 7.39. The molecule has 0 bridgehead atoms. The van der Waals surface area contributed by atoms with E-state index in [2.05, 4.69) is 54.4 Å². The summed E-state index contributed by atoms with van der Waals surface area (Å²) in [4.78, 5) is 7.18. The Morgan fingerprint density at radius 2 is 1.95 bits per heavy atom. The third-order valence-electron chi connectivity index (χ3n) is 3.62. The zero-order valence-electron chi connectivity index (χ0n) is 12.1. The Bertz CT molecular complexity index is 394. The molecule has 1 aromatic carbocycles. The Morgan fingerprint density at radius 3 is 2.58 bits per heavy atom. The fraction of sp³-hybridized carbons (Fsp3) is 0.562. The van der Waals surface area contributed by atoms with Crippen LogP contribution in [0.1, 0.15) is 38.2 Å². The van der Waals surface area contributed by atoms with Crippen LogP contribution < -0.4 is 5.32 Å². The van der Waals surface area contributed by atoms with Gasteiger partial charge in [0.15, 0.2) is 5.96 Å². The number of rotatable bonds is 4. The molecule has 19 heavy (non-hydrogen) atoms. The molecule has 0 saturated carbocycles. The number of guanidine groups is 1. The highest BCUT2D eigenvalue weighted by Crippen LogP contribution is 2.15. The lowest BCUT2D eigenvalue weighted by molar-refractivity contribution is 0.492. The molecule has 1 aliphatic rings. The number of aliphatic imine (C=N–C) groups is 1. The standard InChI is InChI=1S/C16H25N3/c1-3-17-16(19-11-7-8-12-19)18-13-14(2)15-9-5-4-6-10-15/h4-6,9-10,14H,3,7-8,11-13H2,1-2H3,(H,17,18). The van der Waals surface area contributed by atoms with Gasteiger partial charge in [0.25, 0.3) is 0 Å². The minimum absolute atomic E-state index is 0.470. The van der Waals surface area contributed by atoms with Gasteiger partial charge >= 0.3 is 0 Å². The first kappa shape index (κ1) is 13.9. The lowest BCUT2D eigenvalue weighted by atomic mass is 10.0. The maximum atomic E-state index is 4.80. The summed E-state index contributed by atoms with van der Waals surface area (Å²) in [7, 11) is 0. The molecule has 1 fully saturated rings. The van der Waals surface area contributed by atoms with Crippen LogP contribution in [0.3, 0.4) is 0 Å². The molecular weight excluding hydrogens is 234 g/mol. The molecular formula is C16H25N3. The van der Waals surface area contributed by atoms with E-state index in [9.17, 15) is 0 Å². The zero-order valence-corrected chi connectivity index (χ0v) is 12.1. The minimum Gasteiger partial charge on any atom is -0.357 e. The Hall–Kier alpha value is -1.51. The highest BCUT2D eigenvalue weighted by molar-refractivity contribution is 5.80. The van der Waals surface area contributed by atoms with E-state index >= 15 is 0 Å². The minimum atomic E-state index is 0.470. The second-order valence-electron chi connectivity index (χ2n) is 5.20. The Labute approximate surface area is 116 Å². The van der Waals surface area contributed by atoms with E-state index in [0.29, 0.717) is 5.92 Å². The molecule has 1 unspecified atom stereocenters. The van der Waals surface area contributed by atoms with Gasteiger partial charge in [0.1, 0.15) is 0 Å². The Kier molecular flexibility index (Phi) is 5.25. The molecule has 1 N–H and O–H groups in total. The van der Waals surface area contributed by atoms with E-state index in [1.54, 1.807) is 0 Å². The van der Waals surface area contributed by atoms with Gasteiger partial charge in [-0.25, -0.2) is 0 Å². The number of hydrogen-bond acceptors (Lipinski definition) is 1.